The minimum Gasteiger partial charge on any atom is -0.491 e. The molecule has 1 fully saturated rings. The molecule has 1 N–H and O–H groups in total. The maximum atomic E-state index is 14.0. The zero-order valence-electron chi connectivity index (χ0n) is 17.6. The molecule has 33 heavy (non-hydrogen) atoms. The highest BCUT2D eigenvalue weighted by atomic mass is 32.2. The lowest BCUT2D eigenvalue weighted by molar-refractivity contribution is -0.274. The molecule has 0 aliphatic carbocycles. The van der Waals surface area contributed by atoms with Gasteiger partial charge in [0.15, 0.2) is 11.6 Å². The number of benzene rings is 2. The highest BCUT2D eigenvalue weighted by Crippen LogP contribution is 2.29. The molecular formula is C21H22F4N2O5S. The van der Waals surface area contributed by atoms with Crippen molar-refractivity contribution in [3.63, 3.8) is 0 Å². The highest BCUT2D eigenvalue weighted by molar-refractivity contribution is 7.89. The maximum absolute atomic E-state index is 14.0. The average molecular weight is 490 g/mol. The Bertz CT molecular complexity index is 1100. The molecule has 12 heteroatoms. The third-order valence-corrected chi connectivity index (χ3v) is 6.90. The number of nitrogens with zero attached hydrogens (tertiary/aromatic N) is 1. The molecule has 1 heterocycles. The normalized spacial score (nSPS) is 15.8. The summed E-state index contributed by atoms with van der Waals surface area (Å²) in [6, 6.07) is 8.19. The van der Waals surface area contributed by atoms with Crippen LogP contribution in [0.25, 0.3) is 0 Å². The van der Waals surface area contributed by atoms with E-state index in [9.17, 15) is 30.8 Å². The lowest BCUT2D eigenvalue weighted by Crippen LogP contribution is -2.41. The van der Waals surface area contributed by atoms with E-state index in [0.29, 0.717) is 6.61 Å². The van der Waals surface area contributed by atoms with Crippen LogP contribution in [-0.4, -0.2) is 44.7 Å². The van der Waals surface area contributed by atoms with Crippen LogP contribution in [-0.2, 0) is 14.8 Å². The van der Waals surface area contributed by atoms with Crippen molar-refractivity contribution in [3.8, 4) is 11.5 Å². The molecule has 0 spiro atoms. The summed E-state index contributed by atoms with van der Waals surface area (Å²) in [5.74, 6) is -2.08. The van der Waals surface area contributed by atoms with Gasteiger partial charge in [-0.2, -0.15) is 4.31 Å². The Morgan fingerprint density at radius 2 is 1.85 bits per heavy atom. The van der Waals surface area contributed by atoms with Gasteiger partial charge in [0.05, 0.1) is 11.5 Å². The Labute approximate surface area is 188 Å². The molecule has 1 aliphatic rings. The predicted molar refractivity (Wildman–Crippen MR) is 111 cm³/mol. The van der Waals surface area contributed by atoms with Crippen LogP contribution in [0.3, 0.4) is 0 Å². The second-order valence-corrected chi connectivity index (χ2v) is 9.21. The first-order chi connectivity index (χ1) is 15.5. The van der Waals surface area contributed by atoms with Crippen molar-refractivity contribution in [2.45, 2.75) is 31.0 Å². The van der Waals surface area contributed by atoms with Crippen molar-refractivity contribution in [2.75, 3.05) is 25.0 Å². The van der Waals surface area contributed by atoms with E-state index in [2.05, 4.69) is 10.1 Å². The maximum Gasteiger partial charge on any atom is 0.573 e. The van der Waals surface area contributed by atoms with Crippen LogP contribution in [0, 0.1) is 11.7 Å². The van der Waals surface area contributed by atoms with E-state index < -0.39 is 33.9 Å². The van der Waals surface area contributed by atoms with E-state index in [1.165, 1.54) is 18.2 Å². The fraction of sp³-hybridized carbons (Fsp3) is 0.381. The van der Waals surface area contributed by atoms with Gasteiger partial charge in [-0.3, -0.25) is 4.79 Å². The Morgan fingerprint density at radius 3 is 2.45 bits per heavy atom. The monoisotopic (exact) mass is 490 g/mol. The van der Waals surface area contributed by atoms with Gasteiger partial charge in [0, 0.05) is 36.8 Å². The summed E-state index contributed by atoms with van der Waals surface area (Å²) < 4.78 is 86.9. The molecule has 0 atom stereocenters. The van der Waals surface area contributed by atoms with Crippen molar-refractivity contribution in [3.05, 3.63) is 48.3 Å². The zero-order chi connectivity index (χ0) is 24.2. The molecule has 1 aliphatic heterocycles. The Kier molecular flexibility index (Phi) is 7.48. The van der Waals surface area contributed by atoms with Crippen molar-refractivity contribution in [2.24, 2.45) is 5.92 Å². The summed E-state index contributed by atoms with van der Waals surface area (Å²) in [5.41, 5.74) is 0.248. The number of amides is 1. The molecule has 7 nitrogen and oxygen atoms in total. The summed E-state index contributed by atoms with van der Waals surface area (Å²) in [6.45, 7) is 2.02. The average Bonchev–Trinajstić information content (AvgIpc) is 2.75. The lowest BCUT2D eigenvalue weighted by Gasteiger charge is -2.30. The number of anilines is 1. The SMILES string of the molecule is CCOc1ccc(NC(=O)C2CCN(S(=O)(=O)c3cccc(OC(F)(F)F)c3)CC2)cc1F. The van der Waals surface area contributed by atoms with Crippen LogP contribution in [0.5, 0.6) is 11.5 Å². The van der Waals surface area contributed by atoms with Crippen molar-refractivity contribution in [1.29, 1.82) is 0 Å². The van der Waals surface area contributed by atoms with Crippen LogP contribution in [0.4, 0.5) is 23.2 Å². The van der Waals surface area contributed by atoms with Gasteiger partial charge in [-0.1, -0.05) is 6.07 Å². The summed E-state index contributed by atoms with van der Waals surface area (Å²) in [4.78, 5) is 12.2. The number of halogens is 4. The largest absolute Gasteiger partial charge is 0.573 e. The number of hydrogen-bond donors (Lipinski definition) is 1. The van der Waals surface area contributed by atoms with E-state index >= 15 is 0 Å². The number of ether oxygens (including phenoxy) is 2. The molecule has 2 aromatic rings. The highest BCUT2D eigenvalue weighted by Gasteiger charge is 2.34. The standard InChI is InChI=1S/C21H22F4N2O5S/c1-2-31-19-7-6-15(12-18(19)22)26-20(28)14-8-10-27(11-9-14)33(29,30)17-5-3-4-16(13-17)32-21(23,24)25/h3-7,12-14H,2,8-11H2,1H3,(H,26,28). The summed E-state index contributed by atoms with van der Waals surface area (Å²) in [6.07, 6.45) is -4.55. The van der Waals surface area contributed by atoms with Crippen LogP contribution < -0.4 is 14.8 Å². The molecule has 3 rings (SSSR count). The molecular weight excluding hydrogens is 468 g/mol. The number of carbonyl (C=O) groups is 1. The van der Waals surface area contributed by atoms with Gasteiger partial charge in [0.25, 0.3) is 0 Å². The topological polar surface area (TPSA) is 84.9 Å². The van der Waals surface area contributed by atoms with Crippen LogP contribution in [0.1, 0.15) is 19.8 Å². The molecule has 0 radical (unpaired) electrons. The van der Waals surface area contributed by atoms with E-state index in [0.717, 1.165) is 28.6 Å². The van der Waals surface area contributed by atoms with Crippen molar-refractivity contribution >= 4 is 21.6 Å². The van der Waals surface area contributed by atoms with Crippen molar-refractivity contribution < 1.29 is 40.2 Å². The number of carbonyl (C=O) groups excluding carboxylic acids is 1. The van der Waals surface area contributed by atoms with E-state index in [4.69, 9.17) is 4.74 Å². The van der Waals surface area contributed by atoms with Crippen molar-refractivity contribution in [1.82, 2.24) is 4.31 Å². The molecule has 1 amide bonds. The van der Waals surface area contributed by atoms with Gasteiger partial charge < -0.3 is 14.8 Å². The minimum atomic E-state index is -4.94. The van der Waals surface area contributed by atoms with Gasteiger partial charge in [0.2, 0.25) is 15.9 Å². The first-order valence-corrected chi connectivity index (χ1v) is 11.5. The first-order valence-electron chi connectivity index (χ1n) is 10.1. The first kappa shape index (κ1) is 24.8. The molecule has 1 saturated heterocycles. The van der Waals surface area contributed by atoms with E-state index in [1.807, 2.05) is 0 Å². The molecule has 0 saturated carbocycles. The fourth-order valence-electron chi connectivity index (χ4n) is 3.43. The van der Waals surface area contributed by atoms with Gasteiger partial charge >= 0.3 is 6.36 Å². The quantitative estimate of drug-likeness (QED) is 0.590. The second kappa shape index (κ2) is 9.96. The zero-order valence-corrected chi connectivity index (χ0v) is 18.4. The second-order valence-electron chi connectivity index (χ2n) is 7.27. The minimum absolute atomic E-state index is 0.00240. The smallest absolute Gasteiger partial charge is 0.491 e. The molecule has 0 aromatic heterocycles. The fourth-order valence-corrected chi connectivity index (χ4v) is 4.94. The Morgan fingerprint density at radius 1 is 1.15 bits per heavy atom. The van der Waals surface area contributed by atoms with Gasteiger partial charge in [-0.25, -0.2) is 12.8 Å². The Hall–Kier alpha value is -2.86. The number of alkyl halides is 3. The molecule has 0 bridgehead atoms. The molecule has 0 unspecified atom stereocenters. The number of hydrogen-bond acceptors (Lipinski definition) is 5. The van der Waals surface area contributed by atoms with Gasteiger partial charge in [-0.05, 0) is 44.0 Å². The van der Waals surface area contributed by atoms with Gasteiger partial charge in [0.1, 0.15) is 5.75 Å². The third kappa shape index (κ3) is 6.35. The summed E-state index contributed by atoms with van der Waals surface area (Å²) >= 11 is 0. The number of sulfonamides is 1. The summed E-state index contributed by atoms with van der Waals surface area (Å²) in [5, 5.41) is 2.61. The van der Waals surface area contributed by atoms with E-state index in [-0.39, 0.29) is 48.2 Å². The molecule has 2 aromatic carbocycles. The predicted octanol–water partition coefficient (Wildman–Crippen LogP) is 4.16. The lowest BCUT2D eigenvalue weighted by atomic mass is 9.97. The van der Waals surface area contributed by atoms with Crippen LogP contribution in [0.15, 0.2) is 47.4 Å². The van der Waals surface area contributed by atoms with Gasteiger partial charge in [-0.15, -0.1) is 13.2 Å². The van der Waals surface area contributed by atoms with Crippen LogP contribution >= 0.6 is 0 Å². The number of piperidine rings is 1. The van der Waals surface area contributed by atoms with E-state index in [1.54, 1.807) is 6.92 Å². The number of rotatable bonds is 7. The Balaban J connectivity index is 1.61. The molecule has 180 valence electrons. The van der Waals surface area contributed by atoms with Crippen LogP contribution in [0.2, 0.25) is 0 Å². The summed E-state index contributed by atoms with van der Waals surface area (Å²) in [7, 11) is -4.07. The number of nitrogens with one attached hydrogen (secondary N) is 1. The third-order valence-electron chi connectivity index (χ3n) is 5.00.